The molecule has 0 saturated carbocycles. The smallest absolute Gasteiger partial charge is 0.264 e. The maximum atomic E-state index is 12.7. The van der Waals surface area contributed by atoms with Gasteiger partial charge in [0.25, 0.3) is 10.0 Å². The SMILES string of the molecule is Cc1cc2cnccc2n1S(=O)(=O)c1ccccc1. The quantitative estimate of drug-likeness (QED) is 0.720. The van der Waals surface area contributed by atoms with Crippen LogP contribution < -0.4 is 0 Å². The van der Waals surface area contributed by atoms with E-state index in [1.54, 1.807) is 55.7 Å². The summed E-state index contributed by atoms with van der Waals surface area (Å²) in [5.74, 6) is 0. The van der Waals surface area contributed by atoms with Gasteiger partial charge in [-0.3, -0.25) is 4.98 Å². The Morgan fingerprint density at radius 1 is 1.11 bits per heavy atom. The van der Waals surface area contributed by atoms with E-state index < -0.39 is 10.0 Å². The minimum Gasteiger partial charge on any atom is -0.264 e. The molecular formula is C14H12N2O2S. The molecule has 0 amide bonds. The molecule has 0 saturated heterocycles. The number of hydrogen-bond acceptors (Lipinski definition) is 3. The number of rotatable bonds is 2. The van der Waals surface area contributed by atoms with Crippen LogP contribution >= 0.6 is 0 Å². The second-order valence-corrected chi connectivity index (χ2v) is 6.09. The molecule has 3 rings (SSSR count). The third-order valence-electron chi connectivity index (χ3n) is 3.01. The summed E-state index contributed by atoms with van der Waals surface area (Å²) in [5.41, 5.74) is 1.32. The number of pyridine rings is 1. The molecule has 0 aliphatic heterocycles. The summed E-state index contributed by atoms with van der Waals surface area (Å²) in [7, 11) is -3.56. The van der Waals surface area contributed by atoms with Crippen LogP contribution in [0.1, 0.15) is 5.69 Å². The van der Waals surface area contributed by atoms with Crippen molar-refractivity contribution in [1.82, 2.24) is 8.96 Å². The molecule has 0 fully saturated rings. The molecule has 19 heavy (non-hydrogen) atoms. The lowest BCUT2D eigenvalue weighted by molar-refractivity contribution is 0.588. The average Bonchev–Trinajstić information content (AvgIpc) is 2.76. The van der Waals surface area contributed by atoms with E-state index in [4.69, 9.17) is 0 Å². The normalized spacial score (nSPS) is 11.8. The van der Waals surface area contributed by atoms with Crippen molar-refractivity contribution in [2.45, 2.75) is 11.8 Å². The van der Waals surface area contributed by atoms with Crippen LogP contribution in [0.15, 0.2) is 59.8 Å². The van der Waals surface area contributed by atoms with Gasteiger partial charge < -0.3 is 0 Å². The van der Waals surface area contributed by atoms with Gasteiger partial charge in [-0.2, -0.15) is 0 Å². The largest absolute Gasteiger partial charge is 0.268 e. The Balaban J connectivity index is 2.34. The molecule has 96 valence electrons. The Hall–Kier alpha value is -2.14. The van der Waals surface area contributed by atoms with Gasteiger partial charge in [-0.05, 0) is 31.2 Å². The van der Waals surface area contributed by atoms with Gasteiger partial charge in [0.05, 0.1) is 10.4 Å². The molecule has 0 unspecified atom stereocenters. The van der Waals surface area contributed by atoms with Crippen LogP contribution in [0.4, 0.5) is 0 Å². The first kappa shape index (κ1) is 11.9. The minimum absolute atomic E-state index is 0.285. The van der Waals surface area contributed by atoms with Crippen molar-refractivity contribution in [3.63, 3.8) is 0 Å². The van der Waals surface area contributed by atoms with Crippen molar-refractivity contribution in [2.75, 3.05) is 0 Å². The summed E-state index contributed by atoms with van der Waals surface area (Å²) in [6.45, 7) is 1.78. The first-order valence-corrected chi connectivity index (χ1v) is 7.27. The average molecular weight is 272 g/mol. The number of aryl methyl sites for hydroxylation is 1. The predicted molar refractivity (Wildman–Crippen MR) is 73.5 cm³/mol. The second-order valence-electron chi connectivity index (χ2n) is 4.30. The van der Waals surface area contributed by atoms with Gasteiger partial charge in [0.2, 0.25) is 0 Å². The Bertz CT molecular complexity index is 836. The highest BCUT2D eigenvalue weighted by Gasteiger charge is 2.20. The van der Waals surface area contributed by atoms with Gasteiger partial charge in [-0.15, -0.1) is 0 Å². The summed E-state index contributed by atoms with van der Waals surface area (Å²) in [4.78, 5) is 4.30. The van der Waals surface area contributed by atoms with Crippen LogP contribution in [0, 0.1) is 6.92 Å². The highest BCUT2D eigenvalue weighted by atomic mass is 32.2. The number of aromatic nitrogens is 2. The van der Waals surface area contributed by atoms with E-state index in [9.17, 15) is 8.42 Å². The molecule has 5 heteroatoms. The van der Waals surface area contributed by atoms with Crippen molar-refractivity contribution in [3.05, 3.63) is 60.6 Å². The number of nitrogens with zero attached hydrogens (tertiary/aromatic N) is 2. The standard InChI is InChI=1S/C14H12N2O2S/c1-11-9-12-10-15-8-7-14(12)16(11)19(17,18)13-5-3-2-4-6-13/h2-10H,1H3. The van der Waals surface area contributed by atoms with E-state index >= 15 is 0 Å². The molecule has 0 atom stereocenters. The molecule has 0 radical (unpaired) electrons. The zero-order valence-electron chi connectivity index (χ0n) is 10.3. The van der Waals surface area contributed by atoms with Crippen LogP contribution in [-0.2, 0) is 10.0 Å². The first-order valence-electron chi connectivity index (χ1n) is 5.83. The van der Waals surface area contributed by atoms with Crippen molar-refractivity contribution in [3.8, 4) is 0 Å². The zero-order valence-corrected chi connectivity index (χ0v) is 11.1. The van der Waals surface area contributed by atoms with E-state index in [2.05, 4.69) is 4.98 Å². The van der Waals surface area contributed by atoms with E-state index in [-0.39, 0.29) is 4.90 Å². The highest BCUT2D eigenvalue weighted by molar-refractivity contribution is 7.90. The molecule has 4 nitrogen and oxygen atoms in total. The van der Waals surface area contributed by atoms with E-state index in [1.807, 2.05) is 6.07 Å². The molecule has 0 spiro atoms. The maximum Gasteiger partial charge on any atom is 0.268 e. The van der Waals surface area contributed by atoms with Gasteiger partial charge in [-0.25, -0.2) is 12.4 Å². The monoisotopic (exact) mass is 272 g/mol. The van der Waals surface area contributed by atoms with Gasteiger partial charge in [0.1, 0.15) is 0 Å². The fourth-order valence-electron chi connectivity index (χ4n) is 2.19. The van der Waals surface area contributed by atoms with Gasteiger partial charge in [0.15, 0.2) is 0 Å². The lowest BCUT2D eigenvalue weighted by Gasteiger charge is -2.09. The summed E-state index contributed by atoms with van der Waals surface area (Å²) < 4.78 is 26.7. The lowest BCUT2D eigenvalue weighted by atomic mass is 10.3. The van der Waals surface area contributed by atoms with Crippen LogP contribution in [-0.4, -0.2) is 17.4 Å². The fourth-order valence-corrected chi connectivity index (χ4v) is 3.76. The fraction of sp³-hybridized carbons (Fsp3) is 0.0714. The predicted octanol–water partition coefficient (Wildman–Crippen LogP) is 2.58. The highest BCUT2D eigenvalue weighted by Crippen LogP contribution is 2.24. The van der Waals surface area contributed by atoms with Crippen molar-refractivity contribution in [2.24, 2.45) is 0 Å². The Kier molecular flexibility index (Phi) is 2.64. The summed E-state index contributed by atoms with van der Waals surface area (Å²) in [6, 6.07) is 12.0. The minimum atomic E-state index is -3.56. The summed E-state index contributed by atoms with van der Waals surface area (Å²) in [5, 5.41) is 0.819. The zero-order chi connectivity index (χ0) is 13.5. The molecule has 0 bridgehead atoms. The molecule has 2 aromatic heterocycles. The lowest BCUT2D eigenvalue weighted by Crippen LogP contribution is -2.14. The van der Waals surface area contributed by atoms with Gasteiger partial charge in [0, 0.05) is 23.5 Å². The van der Waals surface area contributed by atoms with Crippen molar-refractivity contribution >= 4 is 20.9 Å². The van der Waals surface area contributed by atoms with E-state index in [0.29, 0.717) is 11.2 Å². The van der Waals surface area contributed by atoms with Crippen LogP contribution in [0.5, 0.6) is 0 Å². The molecular weight excluding hydrogens is 260 g/mol. The third kappa shape index (κ3) is 1.82. The van der Waals surface area contributed by atoms with Crippen LogP contribution in [0.3, 0.4) is 0 Å². The third-order valence-corrected chi connectivity index (χ3v) is 4.85. The molecule has 0 N–H and O–H groups in total. The van der Waals surface area contributed by atoms with Crippen molar-refractivity contribution < 1.29 is 8.42 Å². The molecule has 3 aromatic rings. The Morgan fingerprint density at radius 2 is 1.84 bits per heavy atom. The van der Waals surface area contributed by atoms with Gasteiger partial charge in [-0.1, -0.05) is 18.2 Å². The van der Waals surface area contributed by atoms with Crippen molar-refractivity contribution in [1.29, 1.82) is 0 Å². The molecule has 0 aliphatic rings. The molecule has 1 aromatic carbocycles. The summed E-state index contributed by atoms with van der Waals surface area (Å²) >= 11 is 0. The number of hydrogen-bond donors (Lipinski definition) is 0. The Labute approximate surface area is 111 Å². The second kappa shape index (κ2) is 4.20. The van der Waals surface area contributed by atoms with E-state index in [1.165, 1.54) is 3.97 Å². The number of fused-ring (bicyclic) bond motifs is 1. The number of benzene rings is 1. The topological polar surface area (TPSA) is 52.0 Å². The molecule has 0 aliphatic carbocycles. The van der Waals surface area contributed by atoms with Gasteiger partial charge >= 0.3 is 0 Å². The first-order chi connectivity index (χ1) is 9.10. The van der Waals surface area contributed by atoms with Crippen LogP contribution in [0.25, 0.3) is 10.9 Å². The van der Waals surface area contributed by atoms with E-state index in [0.717, 1.165) is 5.39 Å². The molecule has 2 heterocycles. The maximum absolute atomic E-state index is 12.7. The summed E-state index contributed by atoms with van der Waals surface area (Å²) in [6.07, 6.45) is 3.26. The Morgan fingerprint density at radius 3 is 2.58 bits per heavy atom. The van der Waals surface area contributed by atoms with Crippen LogP contribution in [0.2, 0.25) is 0 Å².